The summed E-state index contributed by atoms with van der Waals surface area (Å²) in [6.07, 6.45) is 1.30. The minimum absolute atomic E-state index is 0.411. The normalized spacial score (nSPS) is 20.9. The van der Waals surface area contributed by atoms with Crippen molar-refractivity contribution in [2.75, 3.05) is 23.7 Å². The number of anilines is 2. The van der Waals surface area contributed by atoms with E-state index >= 15 is 0 Å². The highest BCUT2D eigenvalue weighted by molar-refractivity contribution is 14.1. The van der Waals surface area contributed by atoms with E-state index in [0.29, 0.717) is 5.41 Å². The number of halogens is 1. The molecule has 2 rings (SSSR count). The zero-order valence-electron chi connectivity index (χ0n) is 10.8. The fourth-order valence-electron chi connectivity index (χ4n) is 2.47. The third-order valence-electron chi connectivity index (χ3n) is 3.73. The minimum atomic E-state index is 0.411. The lowest BCUT2D eigenvalue weighted by Gasteiger charge is -2.28. The molecule has 1 aliphatic heterocycles. The maximum Gasteiger partial charge on any atom is 0.0503 e. The van der Waals surface area contributed by atoms with Crippen molar-refractivity contribution in [1.29, 1.82) is 0 Å². The van der Waals surface area contributed by atoms with Gasteiger partial charge in [0, 0.05) is 22.3 Å². The summed E-state index contributed by atoms with van der Waals surface area (Å²) in [5.74, 6) is 0.788. The molecule has 0 spiro atoms. The van der Waals surface area contributed by atoms with Crippen molar-refractivity contribution < 1.29 is 0 Å². The molecule has 1 heterocycles. The van der Waals surface area contributed by atoms with Gasteiger partial charge in [-0.3, -0.25) is 0 Å². The van der Waals surface area contributed by atoms with Gasteiger partial charge < -0.3 is 10.6 Å². The Morgan fingerprint density at radius 1 is 1.35 bits per heavy atom. The third-order valence-corrected chi connectivity index (χ3v) is 4.59. The van der Waals surface area contributed by atoms with Crippen molar-refractivity contribution in [1.82, 2.24) is 0 Å². The molecule has 0 aliphatic carbocycles. The van der Waals surface area contributed by atoms with Gasteiger partial charge in [-0.05, 0) is 58.5 Å². The van der Waals surface area contributed by atoms with Gasteiger partial charge in [-0.2, -0.15) is 0 Å². The van der Waals surface area contributed by atoms with Crippen LogP contribution in [-0.2, 0) is 0 Å². The highest BCUT2D eigenvalue weighted by Gasteiger charge is 2.32. The zero-order chi connectivity index (χ0) is 12.6. The van der Waals surface area contributed by atoms with Crippen LogP contribution >= 0.6 is 22.6 Å². The second kappa shape index (κ2) is 4.67. The molecular formula is C14H21IN2. The number of nitrogens with zero attached hydrogens (tertiary/aromatic N) is 1. The molecule has 0 radical (unpaired) electrons. The zero-order valence-corrected chi connectivity index (χ0v) is 13.0. The predicted molar refractivity (Wildman–Crippen MR) is 83.3 cm³/mol. The summed E-state index contributed by atoms with van der Waals surface area (Å²) in [4.78, 5) is 2.50. The molecule has 0 aromatic heterocycles. The standard InChI is InChI=1S/C14H21IN2/c1-14(2,3)10-6-7-17(9-10)13-5-4-11(16)8-12(13)15/h4-5,8,10H,6-7,9,16H2,1-3H3. The molecule has 1 fully saturated rings. The second-order valence-electron chi connectivity index (χ2n) is 6.01. The highest BCUT2D eigenvalue weighted by Crippen LogP contribution is 2.37. The molecule has 0 bridgehead atoms. The Morgan fingerprint density at radius 3 is 2.59 bits per heavy atom. The number of nitrogen functional groups attached to an aromatic ring is 1. The van der Waals surface area contributed by atoms with Crippen molar-refractivity contribution in [3.63, 3.8) is 0 Å². The lowest BCUT2D eigenvalue weighted by Crippen LogP contribution is -2.26. The van der Waals surface area contributed by atoms with E-state index in [9.17, 15) is 0 Å². The summed E-state index contributed by atoms with van der Waals surface area (Å²) in [5, 5.41) is 0. The van der Waals surface area contributed by atoms with Gasteiger partial charge in [-0.1, -0.05) is 20.8 Å². The van der Waals surface area contributed by atoms with Crippen LogP contribution in [0.15, 0.2) is 18.2 Å². The first kappa shape index (κ1) is 13.0. The molecule has 2 nitrogen and oxygen atoms in total. The fraction of sp³-hybridized carbons (Fsp3) is 0.571. The summed E-state index contributed by atoms with van der Waals surface area (Å²) in [7, 11) is 0. The van der Waals surface area contributed by atoms with E-state index in [0.717, 1.165) is 11.6 Å². The quantitative estimate of drug-likeness (QED) is 0.621. The second-order valence-corrected chi connectivity index (χ2v) is 7.17. The molecule has 0 saturated carbocycles. The lowest BCUT2D eigenvalue weighted by atomic mass is 9.80. The fourth-order valence-corrected chi connectivity index (χ4v) is 3.35. The van der Waals surface area contributed by atoms with Crippen molar-refractivity contribution in [2.24, 2.45) is 11.3 Å². The van der Waals surface area contributed by atoms with Crippen LogP contribution in [0, 0.1) is 14.9 Å². The molecule has 2 N–H and O–H groups in total. The largest absolute Gasteiger partial charge is 0.399 e. The number of hydrogen-bond acceptors (Lipinski definition) is 2. The topological polar surface area (TPSA) is 29.3 Å². The smallest absolute Gasteiger partial charge is 0.0503 e. The van der Waals surface area contributed by atoms with Gasteiger partial charge in [0.05, 0.1) is 5.69 Å². The Morgan fingerprint density at radius 2 is 2.06 bits per heavy atom. The minimum Gasteiger partial charge on any atom is -0.399 e. The monoisotopic (exact) mass is 344 g/mol. The summed E-state index contributed by atoms with van der Waals surface area (Å²) in [6, 6.07) is 6.21. The molecule has 1 saturated heterocycles. The Labute approximate surface area is 118 Å². The Kier molecular flexibility index (Phi) is 3.57. The van der Waals surface area contributed by atoms with E-state index in [-0.39, 0.29) is 0 Å². The van der Waals surface area contributed by atoms with E-state index in [1.165, 1.54) is 28.8 Å². The van der Waals surface area contributed by atoms with E-state index in [1.807, 2.05) is 6.07 Å². The first-order chi connectivity index (χ1) is 7.88. The Bertz CT molecular complexity index is 409. The maximum absolute atomic E-state index is 5.80. The summed E-state index contributed by atoms with van der Waals surface area (Å²) in [5.41, 5.74) is 8.40. The highest BCUT2D eigenvalue weighted by atomic mass is 127. The van der Waals surface area contributed by atoms with Crippen LogP contribution in [0.1, 0.15) is 27.2 Å². The van der Waals surface area contributed by atoms with Crippen LogP contribution < -0.4 is 10.6 Å². The molecule has 94 valence electrons. The van der Waals surface area contributed by atoms with Gasteiger partial charge in [0.1, 0.15) is 0 Å². The molecule has 1 atom stereocenters. The van der Waals surface area contributed by atoms with Gasteiger partial charge >= 0.3 is 0 Å². The average molecular weight is 344 g/mol. The number of rotatable bonds is 1. The third kappa shape index (κ3) is 2.87. The van der Waals surface area contributed by atoms with Crippen LogP contribution in [0.4, 0.5) is 11.4 Å². The van der Waals surface area contributed by atoms with Crippen LogP contribution in [0.5, 0.6) is 0 Å². The van der Waals surface area contributed by atoms with Crippen molar-refractivity contribution in [3.05, 3.63) is 21.8 Å². The van der Waals surface area contributed by atoms with Gasteiger partial charge in [0.25, 0.3) is 0 Å². The molecule has 1 aliphatic rings. The van der Waals surface area contributed by atoms with Crippen molar-refractivity contribution in [2.45, 2.75) is 27.2 Å². The average Bonchev–Trinajstić information content (AvgIpc) is 2.65. The molecule has 1 unspecified atom stereocenters. The van der Waals surface area contributed by atoms with Gasteiger partial charge in [-0.15, -0.1) is 0 Å². The first-order valence-electron chi connectivity index (χ1n) is 6.18. The van der Waals surface area contributed by atoms with E-state index in [4.69, 9.17) is 5.73 Å². The maximum atomic E-state index is 5.80. The summed E-state index contributed by atoms with van der Waals surface area (Å²) in [6.45, 7) is 9.37. The molecule has 1 aromatic carbocycles. The van der Waals surface area contributed by atoms with Crippen LogP contribution in [0.3, 0.4) is 0 Å². The number of hydrogen-bond donors (Lipinski definition) is 1. The van der Waals surface area contributed by atoms with Gasteiger partial charge in [0.2, 0.25) is 0 Å². The van der Waals surface area contributed by atoms with Crippen molar-refractivity contribution >= 4 is 34.0 Å². The first-order valence-corrected chi connectivity index (χ1v) is 7.26. The number of nitrogens with two attached hydrogens (primary N) is 1. The van der Waals surface area contributed by atoms with Crippen LogP contribution in [0.25, 0.3) is 0 Å². The lowest BCUT2D eigenvalue weighted by molar-refractivity contribution is 0.263. The number of benzene rings is 1. The summed E-state index contributed by atoms with van der Waals surface area (Å²) < 4.78 is 1.26. The molecule has 17 heavy (non-hydrogen) atoms. The molecule has 0 amide bonds. The van der Waals surface area contributed by atoms with E-state index < -0.39 is 0 Å². The Hall–Kier alpha value is -0.450. The van der Waals surface area contributed by atoms with Crippen LogP contribution in [-0.4, -0.2) is 13.1 Å². The molecular weight excluding hydrogens is 323 g/mol. The van der Waals surface area contributed by atoms with Crippen molar-refractivity contribution in [3.8, 4) is 0 Å². The Balaban J connectivity index is 2.15. The molecule has 3 heteroatoms. The van der Waals surface area contributed by atoms with Gasteiger partial charge in [0.15, 0.2) is 0 Å². The van der Waals surface area contributed by atoms with Gasteiger partial charge in [-0.25, -0.2) is 0 Å². The molecule has 1 aromatic rings. The van der Waals surface area contributed by atoms with Crippen LogP contribution in [0.2, 0.25) is 0 Å². The van der Waals surface area contributed by atoms with E-state index in [1.54, 1.807) is 0 Å². The summed E-state index contributed by atoms with van der Waals surface area (Å²) >= 11 is 2.38. The SMILES string of the molecule is CC(C)(C)C1CCN(c2ccc(N)cc2I)C1. The van der Waals surface area contributed by atoms with E-state index in [2.05, 4.69) is 60.4 Å². The predicted octanol–water partition coefficient (Wildman–Crippen LogP) is 3.75.